The molecule has 0 aromatic carbocycles. The molecule has 1 aromatic rings. The molecule has 1 aromatic heterocycles. The van der Waals surface area contributed by atoms with Gasteiger partial charge in [0.25, 0.3) is 5.56 Å². The second-order valence-corrected chi connectivity index (χ2v) is 3.87. The van der Waals surface area contributed by atoms with Crippen LogP contribution in [0.2, 0.25) is 0 Å². The molecule has 90 valence electrons. The van der Waals surface area contributed by atoms with Gasteiger partial charge in [0.15, 0.2) is 0 Å². The van der Waals surface area contributed by atoms with E-state index in [2.05, 4.69) is 22.2 Å². The zero-order valence-corrected chi connectivity index (χ0v) is 10.0. The van der Waals surface area contributed by atoms with Gasteiger partial charge in [0.05, 0.1) is 6.61 Å². The Morgan fingerprint density at radius 2 is 2.38 bits per heavy atom. The lowest BCUT2D eigenvalue weighted by Gasteiger charge is -2.12. The summed E-state index contributed by atoms with van der Waals surface area (Å²) in [4.78, 5) is 18.2. The molecule has 0 radical (unpaired) electrons. The standard InChI is InChI=1S/C11H19N3O2/c1-4-9-13-10(5-11(15)14-9)12-6-8(2)7-16-3/h5,8H,4,6-7H2,1-3H3,(H2,12,13,14,15). The number of hydrogen-bond donors (Lipinski definition) is 2. The van der Waals surface area contributed by atoms with Gasteiger partial charge in [0.2, 0.25) is 0 Å². The van der Waals surface area contributed by atoms with Crippen LogP contribution in [-0.2, 0) is 11.2 Å². The number of anilines is 1. The topological polar surface area (TPSA) is 67.0 Å². The Morgan fingerprint density at radius 3 is 3.00 bits per heavy atom. The minimum atomic E-state index is -0.117. The Morgan fingerprint density at radius 1 is 1.62 bits per heavy atom. The third-order valence-electron chi connectivity index (χ3n) is 2.21. The van der Waals surface area contributed by atoms with E-state index >= 15 is 0 Å². The van der Waals surface area contributed by atoms with Crippen molar-refractivity contribution >= 4 is 5.82 Å². The average Bonchev–Trinajstić information content (AvgIpc) is 2.26. The highest BCUT2D eigenvalue weighted by molar-refractivity contribution is 5.32. The van der Waals surface area contributed by atoms with Crippen molar-refractivity contribution in [3.8, 4) is 0 Å². The van der Waals surface area contributed by atoms with Crippen molar-refractivity contribution in [2.45, 2.75) is 20.3 Å². The predicted octanol–water partition coefficient (Wildman–Crippen LogP) is 1.03. The van der Waals surface area contributed by atoms with Crippen molar-refractivity contribution in [3.05, 3.63) is 22.2 Å². The summed E-state index contributed by atoms with van der Waals surface area (Å²) in [5.74, 6) is 1.72. The molecule has 0 amide bonds. The molecule has 0 aliphatic carbocycles. The molecule has 0 spiro atoms. The fraction of sp³-hybridized carbons (Fsp3) is 0.636. The summed E-state index contributed by atoms with van der Waals surface area (Å²) < 4.78 is 5.03. The van der Waals surface area contributed by atoms with Crippen molar-refractivity contribution in [1.82, 2.24) is 9.97 Å². The first-order chi connectivity index (χ1) is 7.65. The SMILES string of the molecule is CCc1nc(NCC(C)COC)cc(=O)[nH]1. The van der Waals surface area contributed by atoms with Gasteiger partial charge in [0, 0.05) is 26.1 Å². The van der Waals surface area contributed by atoms with Gasteiger partial charge in [-0.15, -0.1) is 0 Å². The van der Waals surface area contributed by atoms with E-state index in [-0.39, 0.29) is 5.56 Å². The van der Waals surface area contributed by atoms with Crippen LogP contribution in [0, 0.1) is 5.92 Å². The van der Waals surface area contributed by atoms with Crippen LogP contribution in [0.3, 0.4) is 0 Å². The fourth-order valence-electron chi connectivity index (χ4n) is 1.39. The first-order valence-corrected chi connectivity index (χ1v) is 5.48. The second kappa shape index (κ2) is 6.27. The van der Waals surface area contributed by atoms with E-state index < -0.39 is 0 Å². The zero-order valence-electron chi connectivity index (χ0n) is 10.0. The van der Waals surface area contributed by atoms with Gasteiger partial charge in [0.1, 0.15) is 11.6 Å². The predicted molar refractivity (Wildman–Crippen MR) is 63.8 cm³/mol. The summed E-state index contributed by atoms with van der Waals surface area (Å²) in [5.41, 5.74) is -0.117. The van der Waals surface area contributed by atoms with E-state index in [4.69, 9.17) is 4.74 Å². The number of rotatable bonds is 6. The maximum absolute atomic E-state index is 11.3. The number of nitrogens with zero attached hydrogens (tertiary/aromatic N) is 1. The molecule has 0 saturated carbocycles. The maximum Gasteiger partial charge on any atom is 0.252 e. The van der Waals surface area contributed by atoms with E-state index in [1.165, 1.54) is 6.07 Å². The Balaban J connectivity index is 2.59. The van der Waals surface area contributed by atoms with Crippen LogP contribution in [0.15, 0.2) is 10.9 Å². The molecule has 1 heterocycles. The van der Waals surface area contributed by atoms with Crippen LogP contribution < -0.4 is 10.9 Å². The molecule has 5 heteroatoms. The molecule has 16 heavy (non-hydrogen) atoms. The van der Waals surface area contributed by atoms with Crippen LogP contribution in [0.4, 0.5) is 5.82 Å². The number of nitrogens with one attached hydrogen (secondary N) is 2. The summed E-state index contributed by atoms with van der Waals surface area (Å²) in [6.45, 7) is 5.46. The summed E-state index contributed by atoms with van der Waals surface area (Å²) in [6.07, 6.45) is 0.721. The molecular formula is C11H19N3O2. The lowest BCUT2D eigenvalue weighted by Crippen LogP contribution is -2.19. The number of aromatic amines is 1. The normalized spacial score (nSPS) is 12.4. The van der Waals surface area contributed by atoms with E-state index in [0.717, 1.165) is 13.0 Å². The number of aromatic nitrogens is 2. The Bertz CT molecular complexity index is 376. The molecule has 0 saturated heterocycles. The van der Waals surface area contributed by atoms with Gasteiger partial charge in [-0.2, -0.15) is 0 Å². The summed E-state index contributed by atoms with van der Waals surface area (Å²) in [5, 5.41) is 3.13. The van der Waals surface area contributed by atoms with E-state index in [1.54, 1.807) is 7.11 Å². The van der Waals surface area contributed by atoms with Crippen molar-refractivity contribution in [2.24, 2.45) is 5.92 Å². The van der Waals surface area contributed by atoms with Gasteiger partial charge >= 0.3 is 0 Å². The first-order valence-electron chi connectivity index (χ1n) is 5.48. The number of H-pyrrole nitrogens is 1. The van der Waals surface area contributed by atoms with Crippen LogP contribution in [0.1, 0.15) is 19.7 Å². The molecule has 1 rings (SSSR count). The smallest absolute Gasteiger partial charge is 0.252 e. The molecule has 5 nitrogen and oxygen atoms in total. The highest BCUT2D eigenvalue weighted by atomic mass is 16.5. The minimum absolute atomic E-state index is 0.117. The number of aryl methyl sites for hydroxylation is 1. The average molecular weight is 225 g/mol. The Hall–Kier alpha value is -1.36. The molecule has 0 aliphatic heterocycles. The second-order valence-electron chi connectivity index (χ2n) is 3.87. The first kappa shape index (κ1) is 12.7. The molecular weight excluding hydrogens is 206 g/mol. The lowest BCUT2D eigenvalue weighted by atomic mass is 10.2. The molecule has 1 atom stereocenters. The quantitative estimate of drug-likeness (QED) is 0.758. The van der Waals surface area contributed by atoms with Gasteiger partial charge in [-0.25, -0.2) is 4.98 Å². The lowest BCUT2D eigenvalue weighted by molar-refractivity contribution is 0.164. The largest absolute Gasteiger partial charge is 0.384 e. The third kappa shape index (κ3) is 4.02. The van der Waals surface area contributed by atoms with Gasteiger partial charge < -0.3 is 15.0 Å². The van der Waals surface area contributed by atoms with Gasteiger partial charge in [-0.05, 0) is 5.92 Å². The summed E-state index contributed by atoms with van der Waals surface area (Å²) in [7, 11) is 1.68. The Kier molecular flexibility index (Phi) is 4.98. The molecule has 0 aliphatic rings. The third-order valence-corrected chi connectivity index (χ3v) is 2.21. The number of methoxy groups -OCH3 is 1. The Labute approximate surface area is 95.3 Å². The van der Waals surface area contributed by atoms with E-state index in [9.17, 15) is 4.79 Å². The fourth-order valence-corrected chi connectivity index (χ4v) is 1.39. The summed E-state index contributed by atoms with van der Waals surface area (Å²) in [6, 6.07) is 1.47. The van der Waals surface area contributed by atoms with E-state index in [1.807, 2.05) is 6.92 Å². The zero-order chi connectivity index (χ0) is 12.0. The molecule has 0 fully saturated rings. The highest BCUT2D eigenvalue weighted by Crippen LogP contribution is 2.02. The molecule has 0 bridgehead atoms. The van der Waals surface area contributed by atoms with E-state index in [0.29, 0.717) is 24.2 Å². The molecule has 1 unspecified atom stereocenters. The van der Waals surface area contributed by atoms with Crippen molar-refractivity contribution in [1.29, 1.82) is 0 Å². The molecule has 2 N–H and O–H groups in total. The monoisotopic (exact) mass is 225 g/mol. The minimum Gasteiger partial charge on any atom is -0.384 e. The van der Waals surface area contributed by atoms with Crippen LogP contribution in [0.25, 0.3) is 0 Å². The van der Waals surface area contributed by atoms with Crippen molar-refractivity contribution in [3.63, 3.8) is 0 Å². The van der Waals surface area contributed by atoms with Gasteiger partial charge in [-0.1, -0.05) is 13.8 Å². The van der Waals surface area contributed by atoms with Crippen LogP contribution in [-0.4, -0.2) is 30.2 Å². The highest BCUT2D eigenvalue weighted by Gasteiger charge is 2.03. The van der Waals surface area contributed by atoms with Gasteiger partial charge in [-0.3, -0.25) is 4.79 Å². The van der Waals surface area contributed by atoms with Crippen LogP contribution in [0.5, 0.6) is 0 Å². The van der Waals surface area contributed by atoms with Crippen LogP contribution >= 0.6 is 0 Å². The summed E-state index contributed by atoms with van der Waals surface area (Å²) >= 11 is 0. The van der Waals surface area contributed by atoms with Crippen molar-refractivity contribution < 1.29 is 4.74 Å². The maximum atomic E-state index is 11.3. The number of hydrogen-bond acceptors (Lipinski definition) is 4. The number of ether oxygens (including phenoxy) is 1. The van der Waals surface area contributed by atoms with Crippen molar-refractivity contribution in [2.75, 3.05) is 25.6 Å².